The van der Waals surface area contributed by atoms with Crippen LogP contribution in [-0.4, -0.2) is 17.7 Å². The number of aromatic nitrogens is 1. The van der Waals surface area contributed by atoms with Gasteiger partial charge in [-0.05, 0) is 43.4 Å². The third kappa shape index (κ3) is 2.62. The van der Waals surface area contributed by atoms with Gasteiger partial charge in [-0.2, -0.15) is 0 Å². The van der Waals surface area contributed by atoms with E-state index in [1.165, 1.54) is 12.8 Å². The third-order valence-corrected chi connectivity index (χ3v) is 3.81. The van der Waals surface area contributed by atoms with Gasteiger partial charge in [0, 0.05) is 18.2 Å². The minimum absolute atomic E-state index is 0.0566. The minimum Gasteiger partial charge on any atom is -0.376 e. The SMILES string of the molecule is CCOC(C1CC1)C(N)c1ccc2cccnc2c1. The molecule has 3 rings (SSSR count). The number of nitrogens with zero attached hydrogens (tertiary/aromatic N) is 1. The lowest BCUT2D eigenvalue weighted by Gasteiger charge is -2.24. The Kier molecular flexibility index (Phi) is 3.49. The summed E-state index contributed by atoms with van der Waals surface area (Å²) >= 11 is 0. The average Bonchev–Trinajstić information content (AvgIpc) is 3.28. The number of pyridine rings is 1. The van der Waals surface area contributed by atoms with E-state index in [-0.39, 0.29) is 12.1 Å². The third-order valence-electron chi connectivity index (χ3n) is 3.81. The minimum atomic E-state index is -0.0566. The Balaban J connectivity index is 1.89. The zero-order valence-electron chi connectivity index (χ0n) is 11.3. The van der Waals surface area contributed by atoms with Crippen molar-refractivity contribution < 1.29 is 4.74 Å². The van der Waals surface area contributed by atoms with Gasteiger partial charge in [0.25, 0.3) is 0 Å². The molecule has 1 heterocycles. The van der Waals surface area contributed by atoms with E-state index in [4.69, 9.17) is 10.5 Å². The predicted molar refractivity (Wildman–Crippen MR) is 76.8 cm³/mol. The molecule has 0 bridgehead atoms. The summed E-state index contributed by atoms with van der Waals surface area (Å²) in [6, 6.07) is 10.2. The molecule has 3 nitrogen and oxygen atoms in total. The summed E-state index contributed by atoms with van der Waals surface area (Å²) < 4.78 is 5.85. The van der Waals surface area contributed by atoms with E-state index in [0.717, 1.165) is 23.1 Å². The summed E-state index contributed by atoms with van der Waals surface area (Å²) in [5.74, 6) is 0.634. The van der Waals surface area contributed by atoms with Crippen molar-refractivity contribution in [2.75, 3.05) is 6.61 Å². The Labute approximate surface area is 113 Å². The molecule has 100 valence electrons. The highest BCUT2D eigenvalue weighted by molar-refractivity contribution is 5.79. The quantitative estimate of drug-likeness (QED) is 0.894. The molecule has 2 atom stereocenters. The van der Waals surface area contributed by atoms with Crippen LogP contribution in [0.5, 0.6) is 0 Å². The van der Waals surface area contributed by atoms with E-state index in [1.54, 1.807) is 0 Å². The van der Waals surface area contributed by atoms with Crippen LogP contribution in [-0.2, 0) is 4.74 Å². The van der Waals surface area contributed by atoms with Gasteiger partial charge in [0.05, 0.1) is 17.7 Å². The lowest BCUT2D eigenvalue weighted by molar-refractivity contribution is 0.0283. The van der Waals surface area contributed by atoms with Gasteiger partial charge in [0.1, 0.15) is 0 Å². The van der Waals surface area contributed by atoms with Crippen molar-refractivity contribution in [1.82, 2.24) is 4.98 Å². The standard InChI is InChI=1S/C16H20N2O/c1-2-19-16(12-6-7-12)15(17)13-8-5-11-4-3-9-18-14(11)10-13/h3-5,8-10,12,15-16H,2,6-7,17H2,1H3. The Morgan fingerprint density at radius 3 is 2.95 bits per heavy atom. The van der Waals surface area contributed by atoms with E-state index < -0.39 is 0 Å². The van der Waals surface area contributed by atoms with Crippen molar-refractivity contribution in [1.29, 1.82) is 0 Å². The van der Waals surface area contributed by atoms with E-state index in [9.17, 15) is 0 Å². The Hall–Kier alpha value is -1.45. The molecular weight excluding hydrogens is 236 g/mol. The van der Waals surface area contributed by atoms with Crippen LogP contribution in [0.4, 0.5) is 0 Å². The molecule has 0 saturated heterocycles. The number of hydrogen-bond donors (Lipinski definition) is 1. The van der Waals surface area contributed by atoms with Gasteiger partial charge < -0.3 is 10.5 Å². The van der Waals surface area contributed by atoms with Crippen LogP contribution in [0.25, 0.3) is 10.9 Å². The summed E-state index contributed by atoms with van der Waals surface area (Å²) in [6.07, 6.45) is 4.44. The normalized spacial score (nSPS) is 18.4. The van der Waals surface area contributed by atoms with Gasteiger partial charge in [0.15, 0.2) is 0 Å². The number of benzene rings is 1. The maximum atomic E-state index is 6.40. The molecule has 1 aromatic carbocycles. The van der Waals surface area contributed by atoms with Crippen molar-refractivity contribution in [3.8, 4) is 0 Å². The van der Waals surface area contributed by atoms with Gasteiger partial charge in [-0.1, -0.05) is 18.2 Å². The van der Waals surface area contributed by atoms with Crippen molar-refractivity contribution in [3.05, 3.63) is 42.1 Å². The smallest absolute Gasteiger partial charge is 0.0795 e. The first kappa shape index (κ1) is 12.6. The first-order valence-corrected chi connectivity index (χ1v) is 7.01. The number of rotatable bonds is 5. The van der Waals surface area contributed by atoms with Crippen LogP contribution in [0.2, 0.25) is 0 Å². The van der Waals surface area contributed by atoms with Gasteiger partial charge in [0.2, 0.25) is 0 Å². The maximum absolute atomic E-state index is 6.40. The molecule has 1 aliphatic carbocycles. The van der Waals surface area contributed by atoms with Gasteiger partial charge >= 0.3 is 0 Å². The second-order valence-corrected chi connectivity index (χ2v) is 5.24. The van der Waals surface area contributed by atoms with E-state index in [1.807, 2.05) is 19.2 Å². The molecule has 19 heavy (non-hydrogen) atoms. The van der Waals surface area contributed by atoms with E-state index in [2.05, 4.69) is 29.2 Å². The fraction of sp³-hybridized carbons (Fsp3) is 0.438. The maximum Gasteiger partial charge on any atom is 0.0795 e. The molecule has 1 aromatic heterocycles. The Morgan fingerprint density at radius 2 is 2.21 bits per heavy atom. The van der Waals surface area contributed by atoms with Crippen LogP contribution in [0.15, 0.2) is 36.5 Å². The molecule has 3 heteroatoms. The molecule has 2 unspecified atom stereocenters. The van der Waals surface area contributed by atoms with Crippen molar-refractivity contribution in [3.63, 3.8) is 0 Å². The zero-order valence-corrected chi connectivity index (χ0v) is 11.3. The van der Waals surface area contributed by atoms with E-state index in [0.29, 0.717) is 5.92 Å². The first-order valence-electron chi connectivity index (χ1n) is 7.01. The van der Waals surface area contributed by atoms with Crippen LogP contribution >= 0.6 is 0 Å². The number of nitrogens with two attached hydrogens (primary N) is 1. The highest BCUT2D eigenvalue weighted by Gasteiger charge is 2.36. The molecule has 0 spiro atoms. The average molecular weight is 256 g/mol. The lowest BCUT2D eigenvalue weighted by Crippen LogP contribution is -2.30. The molecule has 1 fully saturated rings. The highest BCUT2D eigenvalue weighted by atomic mass is 16.5. The monoisotopic (exact) mass is 256 g/mol. The first-order chi connectivity index (χ1) is 9.29. The van der Waals surface area contributed by atoms with Crippen LogP contribution < -0.4 is 5.73 Å². The largest absolute Gasteiger partial charge is 0.376 e. The molecule has 1 saturated carbocycles. The topological polar surface area (TPSA) is 48.1 Å². The molecule has 1 aliphatic rings. The van der Waals surface area contributed by atoms with Crippen LogP contribution in [0.1, 0.15) is 31.4 Å². The van der Waals surface area contributed by atoms with Gasteiger partial charge in [-0.15, -0.1) is 0 Å². The number of fused-ring (bicyclic) bond motifs is 1. The Morgan fingerprint density at radius 1 is 1.37 bits per heavy atom. The fourth-order valence-electron chi connectivity index (χ4n) is 2.63. The fourth-order valence-corrected chi connectivity index (χ4v) is 2.63. The lowest BCUT2D eigenvalue weighted by atomic mass is 9.97. The second-order valence-electron chi connectivity index (χ2n) is 5.24. The number of ether oxygens (including phenoxy) is 1. The summed E-state index contributed by atoms with van der Waals surface area (Å²) in [5, 5.41) is 1.15. The molecule has 0 aliphatic heterocycles. The predicted octanol–water partition coefficient (Wildman–Crippen LogP) is 3.05. The van der Waals surface area contributed by atoms with Crippen molar-refractivity contribution in [2.45, 2.75) is 31.9 Å². The summed E-state index contributed by atoms with van der Waals surface area (Å²) in [4.78, 5) is 4.39. The molecule has 0 radical (unpaired) electrons. The summed E-state index contributed by atoms with van der Waals surface area (Å²) in [6.45, 7) is 2.75. The highest BCUT2D eigenvalue weighted by Crippen LogP contribution is 2.39. The molecule has 2 aromatic rings. The van der Waals surface area contributed by atoms with E-state index >= 15 is 0 Å². The summed E-state index contributed by atoms with van der Waals surface area (Å²) in [7, 11) is 0. The van der Waals surface area contributed by atoms with Crippen LogP contribution in [0, 0.1) is 5.92 Å². The zero-order chi connectivity index (χ0) is 13.2. The number of hydrogen-bond acceptors (Lipinski definition) is 3. The molecule has 2 N–H and O–H groups in total. The van der Waals surface area contributed by atoms with Gasteiger partial charge in [-0.3, -0.25) is 4.98 Å². The van der Waals surface area contributed by atoms with Crippen LogP contribution in [0.3, 0.4) is 0 Å². The van der Waals surface area contributed by atoms with Crippen molar-refractivity contribution in [2.24, 2.45) is 11.7 Å². The van der Waals surface area contributed by atoms with Crippen molar-refractivity contribution >= 4 is 10.9 Å². The molecule has 0 amide bonds. The molecular formula is C16H20N2O. The Bertz CT molecular complexity index is 565. The second kappa shape index (κ2) is 5.27. The summed E-state index contributed by atoms with van der Waals surface area (Å²) in [5.41, 5.74) is 8.53. The van der Waals surface area contributed by atoms with Gasteiger partial charge in [-0.25, -0.2) is 0 Å².